The maximum absolute atomic E-state index is 12.7. The second kappa shape index (κ2) is 8.13. The Kier molecular flexibility index (Phi) is 5.39. The van der Waals surface area contributed by atoms with Gasteiger partial charge in [0.2, 0.25) is 5.27 Å². The molecule has 0 aliphatic heterocycles. The van der Waals surface area contributed by atoms with Crippen LogP contribution >= 0.6 is 0 Å². The number of rotatable bonds is 4. The third-order valence-electron chi connectivity index (χ3n) is 4.96. The highest BCUT2D eigenvalue weighted by atomic mass is 19.4. The van der Waals surface area contributed by atoms with Gasteiger partial charge >= 0.3 is 18.1 Å². The molecule has 2 heterocycles. The monoisotopic (exact) mass is 418 g/mol. The van der Waals surface area contributed by atoms with Gasteiger partial charge in [0.05, 0.1) is 0 Å². The van der Waals surface area contributed by atoms with Gasteiger partial charge in [0.15, 0.2) is 6.54 Å². The fourth-order valence-electron chi connectivity index (χ4n) is 3.63. The van der Waals surface area contributed by atoms with E-state index in [-0.39, 0.29) is 11.6 Å². The van der Waals surface area contributed by atoms with Gasteiger partial charge in [-0.25, -0.2) is 4.79 Å². The van der Waals surface area contributed by atoms with Crippen molar-refractivity contribution in [3.05, 3.63) is 65.6 Å². The number of aromatic nitrogens is 3. The average molecular weight is 418 g/mol. The van der Waals surface area contributed by atoms with Crippen molar-refractivity contribution >= 4 is 17.6 Å². The van der Waals surface area contributed by atoms with Gasteiger partial charge in [-0.1, -0.05) is 24.3 Å². The zero-order chi connectivity index (χ0) is 21.1. The number of hydrogen-bond donors (Lipinski definition) is 2. The van der Waals surface area contributed by atoms with Crippen LogP contribution in [-0.2, 0) is 19.1 Å². The maximum atomic E-state index is 12.7. The van der Waals surface area contributed by atoms with Gasteiger partial charge in [-0.3, -0.25) is 14.8 Å². The largest absolute Gasteiger partial charge is 0.433 e. The van der Waals surface area contributed by atoms with E-state index in [1.807, 2.05) is 12.1 Å². The van der Waals surface area contributed by atoms with E-state index in [1.165, 1.54) is 17.2 Å². The molecule has 1 atom stereocenters. The summed E-state index contributed by atoms with van der Waals surface area (Å²) in [6.07, 6.45) is 1.12. The fraction of sp³-hybridized carbons (Fsp3) is 0.300. The molecule has 30 heavy (non-hydrogen) atoms. The SMILES string of the molecule is O=C(Nc1ccnc(C(F)(F)F)c1)Nc1c[n+](C[C@@H]2CCCc3ccccc32)no1. The first-order valence-corrected chi connectivity index (χ1v) is 9.44. The number of aryl methyl sites for hydroxylation is 1. The van der Waals surface area contributed by atoms with Crippen molar-refractivity contribution in [3.8, 4) is 0 Å². The molecule has 2 amide bonds. The van der Waals surface area contributed by atoms with Crippen LogP contribution in [0.25, 0.3) is 0 Å². The number of alkyl halides is 3. The second-order valence-corrected chi connectivity index (χ2v) is 7.08. The number of nitrogens with one attached hydrogen (secondary N) is 2. The molecule has 0 bridgehead atoms. The van der Waals surface area contributed by atoms with E-state index in [2.05, 4.69) is 33.0 Å². The third-order valence-corrected chi connectivity index (χ3v) is 4.96. The number of hydrogen-bond acceptors (Lipinski definition) is 4. The summed E-state index contributed by atoms with van der Waals surface area (Å²) < 4.78 is 44.9. The number of amides is 2. The van der Waals surface area contributed by atoms with Gasteiger partial charge in [-0.2, -0.15) is 13.2 Å². The van der Waals surface area contributed by atoms with Crippen LogP contribution in [0, 0.1) is 0 Å². The van der Waals surface area contributed by atoms with Crippen molar-refractivity contribution in [2.45, 2.75) is 37.9 Å². The maximum Gasteiger partial charge on any atom is 0.433 e. The predicted octanol–water partition coefficient (Wildman–Crippen LogP) is 4.14. The summed E-state index contributed by atoms with van der Waals surface area (Å²) in [4.78, 5) is 15.3. The molecule has 0 unspecified atom stereocenters. The molecule has 0 fully saturated rings. The molecule has 1 aromatic carbocycles. The summed E-state index contributed by atoms with van der Waals surface area (Å²) in [5, 5.41) is 8.67. The standard InChI is InChI=1S/C20H18F3N5O2/c21-20(22,23)17-10-15(8-9-24-17)25-19(29)26-18-12-28(27-30-18)11-14-6-3-5-13-4-1-2-7-16(13)14/h1-2,4,7-10,12,14H,3,5-6,11H2,(H-,24,25,26,27,29)/p+1/t14-/m0/s1. The van der Waals surface area contributed by atoms with Crippen molar-refractivity contribution in [2.75, 3.05) is 10.6 Å². The number of urea groups is 1. The molecule has 2 N–H and O–H groups in total. The van der Waals surface area contributed by atoms with E-state index in [0.717, 1.165) is 31.5 Å². The quantitative estimate of drug-likeness (QED) is 0.624. The Morgan fingerprint density at radius 2 is 2.07 bits per heavy atom. The fourth-order valence-corrected chi connectivity index (χ4v) is 3.63. The van der Waals surface area contributed by atoms with Crippen molar-refractivity contribution in [1.82, 2.24) is 10.3 Å². The Morgan fingerprint density at radius 1 is 1.23 bits per heavy atom. The number of benzene rings is 1. The first-order valence-electron chi connectivity index (χ1n) is 9.44. The molecule has 1 aliphatic rings. The van der Waals surface area contributed by atoms with Gasteiger partial charge in [0, 0.05) is 17.8 Å². The lowest BCUT2D eigenvalue weighted by atomic mass is 9.83. The van der Waals surface area contributed by atoms with E-state index in [1.54, 1.807) is 10.9 Å². The van der Waals surface area contributed by atoms with Crippen LogP contribution in [0.1, 0.15) is 35.6 Å². The number of pyridine rings is 1. The normalized spacial score (nSPS) is 16.0. The van der Waals surface area contributed by atoms with Crippen molar-refractivity contribution in [1.29, 1.82) is 0 Å². The summed E-state index contributed by atoms with van der Waals surface area (Å²) >= 11 is 0. The summed E-state index contributed by atoms with van der Waals surface area (Å²) in [5.74, 6) is 0.381. The molecule has 0 saturated heterocycles. The summed E-state index contributed by atoms with van der Waals surface area (Å²) in [6, 6.07) is 9.57. The Balaban J connectivity index is 1.38. The molecule has 3 aromatic rings. The Hall–Kier alpha value is -3.43. The highest BCUT2D eigenvalue weighted by Gasteiger charge is 2.32. The lowest BCUT2D eigenvalue weighted by Crippen LogP contribution is -2.38. The van der Waals surface area contributed by atoms with Gasteiger partial charge in [0.25, 0.3) is 6.20 Å². The van der Waals surface area contributed by atoms with Crippen LogP contribution in [0.4, 0.5) is 29.5 Å². The van der Waals surface area contributed by atoms with Crippen LogP contribution in [-0.4, -0.2) is 16.3 Å². The topological polar surface area (TPSA) is 83.9 Å². The van der Waals surface area contributed by atoms with E-state index in [9.17, 15) is 18.0 Å². The Bertz CT molecular complexity index is 1050. The van der Waals surface area contributed by atoms with E-state index in [4.69, 9.17) is 4.52 Å². The lowest BCUT2D eigenvalue weighted by molar-refractivity contribution is -0.764. The zero-order valence-electron chi connectivity index (χ0n) is 15.8. The predicted molar refractivity (Wildman–Crippen MR) is 101 cm³/mol. The highest BCUT2D eigenvalue weighted by Crippen LogP contribution is 2.31. The second-order valence-electron chi connectivity index (χ2n) is 7.08. The number of carbonyl (C=O) groups excluding carboxylic acids is 1. The van der Waals surface area contributed by atoms with Crippen LogP contribution < -0.4 is 15.3 Å². The molecule has 4 rings (SSSR count). The van der Waals surface area contributed by atoms with E-state index in [0.29, 0.717) is 12.5 Å². The highest BCUT2D eigenvalue weighted by molar-refractivity contribution is 5.98. The van der Waals surface area contributed by atoms with Crippen LogP contribution in [0.3, 0.4) is 0 Å². The summed E-state index contributed by atoms with van der Waals surface area (Å²) in [7, 11) is 0. The van der Waals surface area contributed by atoms with Crippen LogP contribution in [0.5, 0.6) is 0 Å². The minimum Gasteiger partial charge on any atom is -0.308 e. The first-order chi connectivity index (χ1) is 14.4. The molecule has 7 nitrogen and oxygen atoms in total. The Morgan fingerprint density at radius 3 is 2.90 bits per heavy atom. The number of carbonyl (C=O) groups is 1. The lowest BCUT2D eigenvalue weighted by Gasteiger charge is -2.22. The van der Waals surface area contributed by atoms with Crippen molar-refractivity contribution < 1.29 is 27.2 Å². The molecule has 2 aromatic heterocycles. The number of anilines is 2. The summed E-state index contributed by atoms with van der Waals surface area (Å²) in [6.45, 7) is 0.600. The minimum absolute atomic E-state index is 0.0407. The molecule has 0 radical (unpaired) electrons. The molecule has 10 heteroatoms. The van der Waals surface area contributed by atoms with Crippen molar-refractivity contribution in [3.63, 3.8) is 0 Å². The molecule has 156 valence electrons. The van der Waals surface area contributed by atoms with Gasteiger partial charge in [-0.15, -0.1) is 0 Å². The van der Waals surface area contributed by atoms with E-state index < -0.39 is 17.9 Å². The molecular weight excluding hydrogens is 399 g/mol. The van der Waals surface area contributed by atoms with E-state index >= 15 is 0 Å². The molecule has 0 saturated carbocycles. The minimum atomic E-state index is -4.59. The van der Waals surface area contributed by atoms with Crippen molar-refractivity contribution in [2.24, 2.45) is 0 Å². The smallest absolute Gasteiger partial charge is 0.308 e. The van der Waals surface area contributed by atoms with Crippen LogP contribution in [0.2, 0.25) is 0 Å². The molecule has 0 spiro atoms. The number of halogens is 3. The first kappa shape index (κ1) is 19.9. The molecular formula is C20H19F3N5O2+. The van der Waals surface area contributed by atoms with Gasteiger partial charge in [0.1, 0.15) is 5.69 Å². The average Bonchev–Trinajstić information content (AvgIpc) is 3.14. The number of fused-ring (bicyclic) bond motifs is 1. The molecule has 1 aliphatic carbocycles. The number of nitrogens with zero attached hydrogens (tertiary/aromatic N) is 3. The van der Waals surface area contributed by atoms with Crippen LogP contribution in [0.15, 0.2) is 53.3 Å². The van der Waals surface area contributed by atoms with Gasteiger partial charge < -0.3 is 5.32 Å². The zero-order valence-corrected chi connectivity index (χ0v) is 15.8. The Labute approximate surface area is 169 Å². The van der Waals surface area contributed by atoms with Gasteiger partial charge in [-0.05, 0) is 47.2 Å². The third kappa shape index (κ3) is 4.58. The summed E-state index contributed by atoms with van der Waals surface area (Å²) in [5.41, 5.74) is 1.50.